The second-order valence-electron chi connectivity index (χ2n) is 5.76. The molecule has 0 aliphatic carbocycles. The Morgan fingerprint density at radius 3 is 2.83 bits per heavy atom. The third-order valence-electron chi connectivity index (χ3n) is 4.08. The molecule has 3 rings (SSSR count). The van der Waals surface area contributed by atoms with Crippen LogP contribution in [0.2, 0.25) is 0 Å². The molecule has 126 valence electrons. The largest absolute Gasteiger partial charge is 0.489 e. The maximum Gasteiger partial charge on any atom is 0.243 e. The molecule has 1 aliphatic heterocycles. The van der Waals surface area contributed by atoms with E-state index in [0.29, 0.717) is 26.4 Å². The van der Waals surface area contributed by atoms with Crippen LogP contribution in [0, 0.1) is 6.92 Å². The highest BCUT2D eigenvalue weighted by Crippen LogP contribution is 2.21. The zero-order valence-electron chi connectivity index (χ0n) is 13.7. The number of nitrogens with one attached hydrogen (secondary N) is 2. The van der Waals surface area contributed by atoms with Gasteiger partial charge in [-0.05, 0) is 36.2 Å². The molecule has 1 saturated heterocycles. The molecule has 2 aromatic rings. The summed E-state index contributed by atoms with van der Waals surface area (Å²) in [4.78, 5) is 12.3. The van der Waals surface area contributed by atoms with Gasteiger partial charge in [-0.3, -0.25) is 4.79 Å². The maximum absolute atomic E-state index is 12.3. The summed E-state index contributed by atoms with van der Waals surface area (Å²) in [6.45, 7) is 4.20. The average molecular weight is 326 g/mol. The van der Waals surface area contributed by atoms with Gasteiger partial charge in [0.15, 0.2) is 0 Å². The summed E-state index contributed by atoms with van der Waals surface area (Å²) in [7, 11) is 0. The number of morpholine rings is 1. The Hall–Kier alpha value is -2.37. The van der Waals surface area contributed by atoms with Gasteiger partial charge >= 0.3 is 0 Å². The topological polar surface area (TPSA) is 59.6 Å². The number of carbonyl (C=O) groups is 1. The van der Waals surface area contributed by atoms with Crippen LogP contribution in [0.1, 0.15) is 11.1 Å². The molecule has 0 bridgehead atoms. The van der Waals surface area contributed by atoms with E-state index < -0.39 is 0 Å². The number of rotatable bonds is 5. The predicted molar refractivity (Wildman–Crippen MR) is 93.2 cm³/mol. The zero-order chi connectivity index (χ0) is 16.8. The highest BCUT2D eigenvalue weighted by atomic mass is 16.5. The minimum Gasteiger partial charge on any atom is -0.489 e. The summed E-state index contributed by atoms with van der Waals surface area (Å²) in [6, 6.07) is 15.2. The second kappa shape index (κ2) is 7.95. The average Bonchev–Trinajstić information content (AvgIpc) is 2.64. The van der Waals surface area contributed by atoms with Crippen LogP contribution < -0.4 is 15.4 Å². The van der Waals surface area contributed by atoms with E-state index in [4.69, 9.17) is 9.47 Å². The lowest BCUT2D eigenvalue weighted by molar-refractivity contribution is -0.120. The smallest absolute Gasteiger partial charge is 0.243 e. The van der Waals surface area contributed by atoms with Gasteiger partial charge in [0.2, 0.25) is 5.91 Å². The Bertz CT molecular complexity index is 682. The Kier molecular flexibility index (Phi) is 5.46. The van der Waals surface area contributed by atoms with Crippen molar-refractivity contribution in [3.8, 4) is 5.75 Å². The van der Waals surface area contributed by atoms with Crippen molar-refractivity contribution < 1.29 is 14.3 Å². The highest BCUT2D eigenvalue weighted by Gasteiger charge is 2.21. The summed E-state index contributed by atoms with van der Waals surface area (Å²) in [5, 5.41) is 6.14. The molecule has 24 heavy (non-hydrogen) atoms. The molecule has 2 aromatic carbocycles. The summed E-state index contributed by atoms with van der Waals surface area (Å²) in [5.74, 6) is 0.758. The number of amides is 1. The minimum absolute atomic E-state index is 0.0704. The van der Waals surface area contributed by atoms with Crippen molar-refractivity contribution in [3.63, 3.8) is 0 Å². The van der Waals surface area contributed by atoms with E-state index in [2.05, 4.69) is 10.6 Å². The number of hydrogen-bond donors (Lipinski definition) is 2. The molecule has 0 spiro atoms. The van der Waals surface area contributed by atoms with Crippen LogP contribution in [0.4, 0.5) is 5.69 Å². The zero-order valence-corrected chi connectivity index (χ0v) is 13.7. The molecule has 1 aliphatic rings. The molecule has 1 amide bonds. The molecule has 5 heteroatoms. The fraction of sp³-hybridized carbons (Fsp3) is 0.316. The fourth-order valence-corrected chi connectivity index (χ4v) is 2.61. The number of carbonyl (C=O) groups excluding carboxylic acids is 1. The van der Waals surface area contributed by atoms with Crippen molar-refractivity contribution in [2.45, 2.75) is 19.6 Å². The fourth-order valence-electron chi connectivity index (χ4n) is 2.61. The lowest BCUT2D eigenvalue weighted by Crippen LogP contribution is -2.48. The first kappa shape index (κ1) is 16.5. The van der Waals surface area contributed by atoms with Gasteiger partial charge in [0.25, 0.3) is 0 Å². The van der Waals surface area contributed by atoms with Gasteiger partial charge in [-0.1, -0.05) is 30.3 Å². The number of ether oxygens (including phenoxy) is 2. The van der Waals surface area contributed by atoms with Gasteiger partial charge in [-0.15, -0.1) is 0 Å². The molecule has 2 N–H and O–H groups in total. The Balaban J connectivity index is 1.65. The van der Waals surface area contributed by atoms with Gasteiger partial charge in [0, 0.05) is 12.2 Å². The van der Waals surface area contributed by atoms with Crippen molar-refractivity contribution in [2.24, 2.45) is 0 Å². The first-order chi connectivity index (χ1) is 11.7. The van der Waals surface area contributed by atoms with Crippen molar-refractivity contribution in [3.05, 3.63) is 59.7 Å². The molecular formula is C19H22N2O3. The van der Waals surface area contributed by atoms with Crippen LogP contribution in [0.3, 0.4) is 0 Å². The van der Waals surface area contributed by atoms with Crippen LogP contribution in [-0.4, -0.2) is 31.7 Å². The van der Waals surface area contributed by atoms with Gasteiger partial charge < -0.3 is 20.1 Å². The molecule has 1 unspecified atom stereocenters. The molecule has 0 aromatic heterocycles. The summed E-state index contributed by atoms with van der Waals surface area (Å²) < 4.78 is 11.1. The molecule has 1 heterocycles. The lowest BCUT2D eigenvalue weighted by Gasteiger charge is -2.23. The van der Waals surface area contributed by atoms with E-state index in [9.17, 15) is 4.79 Å². The molecule has 5 nitrogen and oxygen atoms in total. The summed E-state index contributed by atoms with van der Waals surface area (Å²) >= 11 is 0. The number of benzene rings is 2. The van der Waals surface area contributed by atoms with E-state index in [0.717, 1.165) is 22.6 Å². The minimum atomic E-state index is -0.303. The second-order valence-corrected chi connectivity index (χ2v) is 5.76. The van der Waals surface area contributed by atoms with Crippen molar-refractivity contribution >= 4 is 11.6 Å². The molecular weight excluding hydrogens is 304 g/mol. The van der Waals surface area contributed by atoms with Crippen molar-refractivity contribution in [1.29, 1.82) is 0 Å². The Labute approximate surface area is 142 Å². The van der Waals surface area contributed by atoms with Crippen LogP contribution in [-0.2, 0) is 16.1 Å². The number of anilines is 1. The van der Waals surface area contributed by atoms with Gasteiger partial charge in [0.05, 0.1) is 13.2 Å². The normalized spacial score (nSPS) is 17.3. The summed E-state index contributed by atoms with van der Waals surface area (Å²) in [5.41, 5.74) is 2.87. The van der Waals surface area contributed by atoms with E-state index in [1.54, 1.807) is 0 Å². The van der Waals surface area contributed by atoms with E-state index in [1.807, 2.05) is 55.5 Å². The quantitative estimate of drug-likeness (QED) is 0.886. The summed E-state index contributed by atoms with van der Waals surface area (Å²) in [6.07, 6.45) is 0. The number of hydrogen-bond acceptors (Lipinski definition) is 4. The van der Waals surface area contributed by atoms with E-state index in [-0.39, 0.29) is 11.9 Å². The third kappa shape index (κ3) is 4.13. The maximum atomic E-state index is 12.3. The van der Waals surface area contributed by atoms with Crippen molar-refractivity contribution in [2.75, 3.05) is 25.1 Å². The van der Waals surface area contributed by atoms with Crippen LogP contribution >= 0.6 is 0 Å². The Morgan fingerprint density at radius 2 is 2.08 bits per heavy atom. The van der Waals surface area contributed by atoms with Crippen LogP contribution in [0.5, 0.6) is 5.75 Å². The van der Waals surface area contributed by atoms with Gasteiger partial charge in [0.1, 0.15) is 18.4 Å². The van der Waals surface area contributed by atoms with Crippen molar-refractivity contribution in [1.82, 2.24) is 5.32 Å². The molecule has 0 radical (unpaired) electrons. The first-order valence-electron chi connectivity index (χ1n) is 8.12. The van der Waals surface area contributed by atoms with Crippen LogP contribution in [0.15, 0.2) is 48.5 Å². The van der Waals surface area contributed by atoms with E-state index in [1.165, 1.54) is 0 Å². The molecule has 1 atom stereocenters. The van der Waals surface area contributed by atoms with Gasteiger partial charge in [-0.2, -0.15) is 0 Å². The predicted octanol–water partition coefficient (Wildman–Crippen LogP) is 2.50. The third-order valence-corrected chi connectivity index (χ3v) is 4.08. The van der Waals surface area contributed by atoms with Gasteiger partial charge in [-0.25, -0.2) is 0 Å². The SMILES string of the molecule is Cc1c(COc2ccccc2)cccc1NC(=O)C1COCCN1. The Morgan fingerprint density at radius 1 is 1.25 bits per heavy atom. The highest BCUT2D eigenvalue weighted by molar-refractivity contribution is 5.95. The monoisotopic (exact) mass is 326 g/mol. The first-order valence-corrected chi connectivity index (χ1v) is 8.12. The lowest BCUT2D eigenvalue weighted by atomic mass is 10.1. The molecule has 0 saturated carbocycles. The molecule has 1 fully saturated rings. The van der Waals surface area contributed by atoms with Crippen LogP contribution in [0.25, 0.3) is 0 Å². The van der Waals surface area contributed by atoms with E-state index >= 15 is 0 Å². The number of para-hydroxylation sites is 1. The standard InChI is InChI=1S/C19H22N2O3/c1-14-15(12-24-16-7-3-2-4-8-16)6-5-9-17(14)21-19(22)18-13-23-11-10-20-18/h2-9,18,20H,10-13H2,1H3,(H,21,22).